The van der Waals surface area contributed by atoms with E-state index in [1.165, 1.54) is 11.0 Å². The Kier molecular flexibility index (Phi) is 11.4. The maximum absolute atomic E-state index is 14.6. The minimum absolute atomic E-state index is 0.0509. The van der Waals surface area contributed by atoms with Crippen LogP contribution in [0.5, 0.6) is 11.6 Å². The fourth-order valence-corrected chi connectivity index (χ4v) is 8.22. The van der Waals surface area contributed by atoms with E-state index in [0.29, 0.717) is 29.5 Å². The molecule has 0 radical (unpaired) electrons. The first kappa shape index (κ1) is 40.2. The Morgan fingerprint density at radius 2 is 1.80 bits per heavy atom. The van der Waals surface area contributed by atoms with Crippen LogP contribution in [0.2, 0.25) is 0 Å². The van der Waals surface area contributed by atoms with Gasteiger partial charge in [-0.1, -0.05) is 36.4 Å². The number of fused-ring (bicyclic) bond motifs is 1. The number of nitrogens with zero attached hydrogens (tertiary/aromatic N) is 2. The number of rotatable bonds is 15. The van der Waals surface area contributed by atoms with Crippen LogP contribution in [0.15, 0.2) is 73.4 Å². The fraction of sp³-hybridized carbons (Fsp3) is 0.450. The van der Waals surface area contributed by atoms with Gasteiger partial charge in [-0.15, -0.1) is 6.58 Å². The Hall–Kier alpha value is -5.51. The number of ether oxygens (including phenoxy) is 3. The lowest BCUT2D eigenvalue weighted by Gasteiger charge is -2.30. The number of nitrogens with one attached hydrogen (secondary N) is 3. The van der Waals surface area contributed by atoms with E-state index in [0.717, 1.165) is 5.39 Å². The van der Waals surface area contributed by atoms with Crippen molar-refractivity contribution in [2.45, 2.75) is 93.9 Å². The Bertz CT molecular complexity index is 2140. The number of carbonyl (C=O) groups excluding carboxylic acids is 5. The molecule has 1 saturated heterocycles. The average molecular weight is 790 g/mol. The monoisotopic (exact) mass is 789 g/mol. The number of Topliss-reactive ketones (excluding diaryl/α,β-unsaturated/α-hetero) is 1. The molecule has 56 heavy (non-hydrogen) atoms. The molecule has 3 aromatic rings. The standard InChI is InChI=1S/C40H47N5O10S/c1-6-26-22-40(26,37(49)44-56(51,52)29-13-14-29)43-34(47)32-21-28(54-35-30-15-12-27(53-5)20-25(30)18-19-41-35)23-45(32)36(48)31(42-38(50)55-39(2,3)4)16-17-33(46)24-10-8-7-9-11-24/h6-12,15,18-20,26,28-29,31-32H,1,13-14,16-17,21-23H2,2-5H3,(H,42,50)(H,43,47)(H,44,49)/t26-,28-,31+,32+,40-/m1/s1. The summed E-state index contributed by atoms with van der Waals surface area (Å²) in [5.74, 6) is -2.27. The highest BCUT2D eigenvalue weighted by molar-refractivity contribution is 7.91. The van der Waals surface area contributed by atoms with Gasteiger partial charge in [-0.2, -0.15) is 0 Å². The van der Waals surface area contributed by atoms with Crippen molar-refractivity contribution in [2.75, 3.05) is 13.7 Å². The van der Waals surface area contributed by atoms with E-state index >= 15 is 0 Å². The van der Waals surface area contributed by atoms with E-state index in [2.05, 4.69) is 26.9 Å². The largest absolute Gasteiger partial charge is 0.497 e. The van der Waals surface area contributed by atoms with Gasteiger partial charge in [-0.25, -0.2) is 18.2 Å². The fourth-order valence-electron chi connectivity index (χ4n) is 6.85. The summed E-state index contributed by atoms with van der Waals surface area (Å²) in [4.78, 5) is 74.4. The van der Waals surface area contributed by atoms with Crippen molar-refractivity contribution < 1.29 is 46.6 Å². The van der Waals surface area contributed by atoms with Gasteiger partial charge in [0.25, 0.3) is 5.91 Å². The lowest BCUT2D eigenvalue weighted by Crippen LogP contribution is -2.58. The quantitative estimate of drug-likeness (QED) is 0.149. The molecule has 2 saturated carbocycles. The number of benzene rings is 2. The van der Waals surface area contributed by atoms with Gasteiger partial charge in [0.05, 0.1) is 18.9 Å². The SMILES string of the molecule is C=C[C@@H]1C[C@]1(NC(=O)[C@@H]1C[C@@H](Oc2nccc3cc(OC)ccc23)CN1C(=O)[C@H](CCC(=O)c1ccccc1)NC(=O)OC(C)(C)C)C(=O)NS(=O)(=O)C1CC1. The molecule has 0 unspecified atom stereocenters. The van der Waals surface area contributed by atoms with E-state index in [1.54, 1.807) is 82.6 Å². The number of alkyl carbamates (subject to hydrolysis) is 1. The minimum atomic E-state index is -3.94. The summed E-state index contributed by atoms with van der Waals surface area (Å²) >= 11 is 0. The smallest absolute Gasteiger partial charge is 0.408 e. The highest BCUT2D eigenvalue weighted by Crippen LogP contribution is 2.45. The Morgan fingerprint density at radius 3 is 2.45 bits per heavy atom. The average Bonchev–Trinajstić information content (AvgIpc) is 4.09. The molecule has 16 heteroatoms. The Balaban J connectivity index is 1.29. The summed E-state index contributed by atoms with van der Waals surface area (Å²) in [6, 6.07) is 13.1. The Morgan fingerprint density at radius 1 is 1.07 bits per heavy atom. The van der Waals surface area contributed by atoms with Crippen molar-refractivity contribution in [3.63, 3.8) is 0 Å². The van der Waals surface area contributed by atoms with Gasteiger partial charge in [0.1, 0.15) is 35.1 Å². The second kappa shape index (κ2) is 15.9. The third kappa shape index (κ3) is 9.12. The number of aromatic nitrogens is 1. The summed E-state index contributed by atoms with van der Waals surface area (Å²) < 4.78 is 44.8. The number of sulfonamides is 1. The van der Waals surface area contributed by atoms with Crippen LogP contribution in [-0.2, 0) is 29.1 Å². The number of carbonyl (C=O) groups is 5. The van der Waals surface area contributed by atoms with Crippen molar-refractivity contribution in [2.24, 2.45) is 5.92 Å². The summed E-state index contributed by atoms with van der Waals surface area (Å²) in [6.45, 7) is 8.62. The third-order valence-corrected chi connectivity index (χ3v) is 11.9. The van der Waals surface area contributed by atoms with Crippen molar-refractivity contribution in [3.05, 3.63) is 79.0 Å². The molecule has 298 valence electrons. The highest BCUT2D eigenvalue weighted by Gasteiger charge is 2.62. The Labute approximate surface area is 325 Å². The van der Waals surface area contributed by atoms with Crippen molar-refractivity contribution in [3.8, 4) is 11.6 Å². The van der Waals surface area contributed by atoms with Gasteiger partial charge in [0.2, 0.25) is 27.7 Å². The van der Waals surface area contributed by atoms with Gasteiger partial charge in [0, 0.05) is 35.9 Å². The van der Waals surface area contributed by atoms with E-state index in [-0.39, 0.29) is 43.9 Å². The van der Waals surface area contributed by atoms with E-state index in [4.69, 9.17) is 14.2 Å². The predicted octanol–water partition coefficient (Wildman–Crippen LogP) is 3.82. The molecule has 0 bridgehead atoms. The van der Waals surface area contributed by atoms with Crippen molar-refractivity contribution in [1.29, 1.82) is 0 Å². The molecule has 1 aliphatic heterocycles. The highest BCUT2D eigenvalue weighted by atomic mass is 32.2. The number of amides is 4. The van der Waals surface area contributed by atoms with Crippen LogP contribution in [0.1, 0.15) is 69.7 Å². The zero-order chi connectivity index (χ0) is 40.4. The molecule has 1 aromatic heterocycles. The van der Waals surface area contributed by atoms with Gasteiger partial charge < -0.3 is 29.7 Å². The predicted molar refractivity (Wildman–Crippen MR) is 205 cm³/mol. The van der Waals surface area contributed by atoms with Crippen LogP contribution in [0.4, 0.5) is 4.79 Å². The summed E-state index contributed by atoms with van der Waals surface area (Å²) in [6.07, 6.45) is 2.01. The molecule has 4 amide bonds. The second-order valence-corrected chi connectivity index (χ2v) is 17.4. The molecule has 0 spiro atoms. The van der Waals surface area contributed by atoms with Crippen LogP contribution in [0.25, 0.3) is 10.8 Å². The number of pyridine rings is 1. The first-order valence-corrected chi connectivity index (χ1v) is 20.1. The number of hydrogen-bond donors (Lipinski definition) is 3. The van der Waals surface area contributed by atoms with Crippen LogP contribution < -0.4 is 24.8 Å². The number of likely N-dealkylation sites (tertiary alicyclic amines) is 1. The molecule has 6 rings (SSSR count). The van der Waals surface area contributed by atoms with Crippen molar-refractivity contribution in [1.82, 2.24) is 25.2 Å². The van der Waals surface area contributed by atoms with E-state index in [9.17, 15) is 32.4 Å². The molecule has 2 aliphatic carbocycles. The summed E-state index contributed by atoms with van der Waals surface area (Å²) in [5, 5.41) is 6.12. The molecule has 3 N–H and O–H groups in total. The van der Waals surface area contributed by atoms with E-state index < -0.39 is 74.3 Å². The number of hydrogen-bond acceptors (Lipinski definition) is 11. The zero-order valence-corrected chi connectivity index (χ0v) is 32.6. The number of ketones is 1. The van der Waals surface area contributed by atoms with E-state index in [1.807, 2.05) is 6.07 Å². The minimum Gasteiger partial charge on any atom is -0.497 e. The summed E-state index contributed by atoms with van der Waals surface area (Å²) in [7, 11) is -2.39. The lowest BCUT2D eigenvalue weighted by atomic mass is 10.0. The summed E-state index contributed by atoms with van der Waals surface area (Å²) in [5.41, 5.74) is -2.09. The van der Waals surface area contributed by atoms with Gasteiger partial charge >= 0.3 is 6.09 Å². The molecule has 5 atom stereocenters. The van der Waals surface area contributed by atoms with Crippen LogP contribution >= 0.6 is 0 Å². The molecule has 15 nitrogen and oxygen atoms in total. The molecular weight excluding hydrogens is 743 g/mol. The lowest BCUT2D eigenvalue weighted by molar-refractivity contribution is -0.141. The van der Waals surface area contributed by atoms with Crippen LogP contribution in [0, 0.1) is 5.92 Å². The van der Waals surface area contributed by atoms with Gasteiger partial charge in [-0.05, 0) is 76.1 Å². The normalized spacial score (nSPS) is 22.4. The second-order valence-electron chi connectivity index (χ2n) is 15.4. The molecule has 2 heterocycles. The third-order valence-electron chi connectivity index (χ3n) is 10.1. The van der Waals surface area contributed by atoms with Crippen LogP contribution in [-0.4, -0.2) is 96.1 Å². The molecule has 2 aromatic carbocycles. The number of methoxy groups -OCH3 is 1. The molecule has 3 fully saturated rings. The van der Waals surface area contributed by atoms with Crippen LogP contribution in [0.3, 0.4) is 0 Å². The maximum Gasteiger partial charge on any atom is 0.408 e. The zero-order valence-electron chi connectivity index (χ0n) is 31.8. The van der Waals surface area contributed by atoms with Gasteiger partial charge in [-0.3, -0.25) is 23.9 Å². The first-order valence-electron chi connectivity index (χ1n) is 18.5. The molecular formula is C40H47N5O10S. The molecule has 3 aliphatic rings. The van der Waals surface area contributed by atoms with Gasteiger partial charge in [0.15, 0.2) is 5.78 Å². The first-order chi connectivity index (χ1) is 26.5. The van der Waals surface area contributed by atoms with Crippen molar-refractivity contribution >= 4 is 50.4 Å². The maximum atomic E-state index is 14.6. The topological polar surface area (TPSA) is 199 Å².